The fourth-order valence-electron chi connectivity index (χ4n) is 2.91. The molecule has 0 fully saturated rings. The Bertz CT molecular complexity index is 1300. The van der Waals surface area contributed by atoms with E-state index in [-0.39, 0.29) is 59.1 Å². The third-order valence-electron chi connectivity index (χ3n) is 4.79. The molecule has 0 atom stereocenters. The first-order valence-electron chi connectivity index (χ1n) is 10.7. The Labute approximate surface area is 276 Å². The molecule has 0 radical (unpaired) electrons. The quantitative estimate of drug-likeness (QED) is 0.0400. The third kappa shape index (κ3) is 13.8. The Morgan fingerprint density at radius 1 is 0.675 bits per heavy atom. The summed E-state index contributed by atoms with van der Waals surface area (Å²) in [4.78, 5) is 25.1. The molecule has 2 aromatic rings. The maximum Gasteiger partial charge on any atom is 1.00 e. The molecule has 0 spiro atoms. The molecule has 16 heteroatoms. The van der Waals surface area contributed by atoms with E-state index >= 15 is 0 Å². The number of ether oxygens (including phenoxy) is 4. The average Bonchev–Trinajstić information content (AvgIpc) is 2.85. The fraction of sp³-hybridized carbons (Fsp3) is 0.250. The van der Waals surface area contributed by atoms with Crippen molar-refractivity contribution in [1.82, 2.24) is 0 Å². The van der Waals surface area contributed by atoms with Crippen LogP contribution in [-0.4, -0.2) is 76.8 Å². The second kappa shape index (κ2) is 18.0. The van der Waals surface area contributed by atoms with Crippen LogP contribution in [-0.2, 0) is 39.3 Å². The molecule has 2 rings (SSSR count). The van der Waals surface area contributed by atoms with Gasteiger partial charge in [-0.15, -0.1) is 0 Å². The number of esters is 2. The van der Waals surface area contributed by atoms with Crippen LogP contribution >= 0.6 is 0 Å². The average molecular weight is 615 g/mol. The molecule has 0 bridgehead atoms. The van der Waals surface area contributed by atoms with Crippen LogP contribution < -0.4 is 68.6 Å². The molecule has 2 aromatic carbocycles. The first-order valence-corrected chi connectivity index (χ1v) is 13.9. The van der Waals surface area contributed by atoms with Crippen molar-refractivity contribution in [2.45, 2.75) is 0 Å². The summed E-state index contributed by atoms with van der Waals surface area (Å²) in [7, 11) is -6.41. The van der Waals surface area contributed by atoms with Gasteiger partial charge in [-0.2, -0.15) is 0 Å². The van der Waals surface area contributed by atoms with E-state index in [1.54, 1.807) is 48.5 Å². The molecule has 0 aliphatic rings. The van der Waals surface area contributed by atoms with Gasteiger partial charge >= 0.3 is 71.1 Å². The van der Waals surface area contributed by atoms with E-state index in [9.17, 15) is 35.5 Å². The van der Waals surface area contributed by atoms with Crippen molar-refractivity contribution in [1.29, 1.82) is 0 Å². The van der Waals surface area contributed by atoms with Gasteiger partial charge in [0.2, 0.25) is 0 Å². The predicted molar refractivity (Wildman–Crippen MR) is 132 cm³/mol. The maximum absolute atomic E-state index is 12.6. The number of carbonyl (C=O) groups excluding carboxylic acids is 2. The van der Waals surface area contributed by atoms with Crippen LogP contribution in [0.25, 0.3) is 5.57 Å². The number of carbonyl (C=O) groups is 2. The van der Waals surface area contributed by atoms with Crippen LogP contribution in [0.15, 0.2) is 66.3 Å². The minimum absolute atomic E-state index is 0. The van der Waals surface area contributed by atoms with Gasteiger partial charge in [-0.25, -0.2) is 26.4 Å². The predicted octanol–water partition coefficient (Wildman–Crippen LogP) is -4.75. The zero-order valence-electron chi connectivity index (χ0n) is 22.3. The molecule has 206 valence electrons. The monoisotopic (exact) mass is 614 g/mol. The van der Waals surface area contributed by atoms with Gasteiger partial charge in [0.15, 0.2) is 0 Å². The summed E-state index contributed by atoms with van der Waals surface area (Å²) < 4.78 is 84.6. The summed E-state index contributed by atoms with van der Waals surface area (Å²) in [6.45, 7) is -1.67. The second-order valence-corrected chi connectivity index (χ2v) is 10.5. The maximum atomic E-state index is 12.6. The van der Waals surface area contributed by atoms with Crippen LogP contribution in [0.4, 0.5) is 0 Å². The number of hydrogen-bond donors (Lipinski definition) is 0. The molecule has 40 heavy (non-hydrogen) atoms. The summed E-state index contributed by atoms with van der Waals surface area (Å²) in [5.41, 5.74) is 1.06. The zero-order valence-corrected chi connectivity index (χ0v) is 28.0. The molecule has 0 aromatic heterocycles. The summed E-state index contributed by atoms with van der Waals surface area (Å²) in [6, 6.07) is 13.6. The summed E-state index contributed by atoms with van der Waals surface area (Å²) in [5.74, 6) is -3.57. The molecule has 0 aliphatic heterocycles. The zero-order chi connectivity index (χ0) is 28.3. The van der Waals surface area contributed by atoms with Crippen LogP contribution in [0.3, 0.4) is 0 Å². The Balaban J connectivity index is 0.00000760. The molecule has 0 saturated heterocycles. The minimum Gasteiger partial charge on any atom is -0.748 e. The molecule has 12 nitrogen and oxygen atoms in total. The number of hydrogen-bond acceptors (Lipinski definition) is 12. The number of rotatable bonds is 13. The van der Waals surface area contributed by atoms with E-state index < -0.39 is 62.5 Å². The second-order valence-electron chi connectivity index (χ2n) is 7.41. The topological polar surface area (TPSA) is 185 Å². The van der Waals surface area contributed by atoms with Crippen molar-refractivity contribution in [2.24, 2.45) is 0 Å². The van der Waals surface area contributed by atoms with Crippen LogP contribution in [0.2, 0.25) is 0 Å². The SMILES string of the molecule is COc1ccc(C(=CC=C(C(=O)OCCS(=O)(=O)[O-])C(=O)OCCS(=O)(=O)[O-])c2ccc(OC)cc2)cc1.[Na+].[Na+]. The van der Waals surface area contributed by atoms with E-state index in [0.717, 1.165) is 6.08 Å². The van der Waals surface area contributed by atoms with Gasteiger partial charge in [0.05, 0.1) is 46.0 Å². The Hall–Kier alpha value is -1.72. The smallest absolute Gasteiger partial charge is 0.748 e. The number of allylic oxidation sites excluding steroid dienone is 2. The molecule has 0 amide bonds. The van der Waals surface area contributed by atoms with Crippen molar-refractivity contribution >= 4 is 37.7 Å². The van der Waals surface area contributed by atoms with Crippen LogP contribution in [0.5, 0.6) is 11.5 Å². The molecule has 0 saturated carbocycles. The Morgan fingerprint density at radius 2 is 1.02 bits per heavy atom. The largest absolute Gasteiger partial charge is 1.00 e. The fourth-order valence-corrected chi connectivity index (χ4v) is 3.49. The van der Waals surface area contributed by atoms with Gasteiger partial charge in [0, 0.05) is 0 Å². The van der Waals surface area contributed by atoms with Crippen molar-refractivity contribution in [2.75, 3.05) is 38.9 Å². The van der Waals surface area contributed by atoms with E-state index in [1.807, 2.05) is 0 Å². The Morgan fingerprint density at radius 3 is 1.32 bits per heavy atom. The van der Waals surface area contributed by atoms with Gasteiger partial charge in [-0.1, -0.05) is 30.3 Å². The van der Waals surface area contributed by atoms with Gasteiger partial charge in [-0.3, -0.25) is 0 Å². The molecular weight excluding hydrogens is 590 g/mol. The first-order chi connectivity index (χ1) is 17.8. The number of methoxy groups -OCH3 is 2. The van der Waals surface area contributed by atoms with E-state index in [4.69, 9.17) is 18.9 Å². The number of benzene rings is 2. The van der Waals surface area contributed by atoms with E-state index in [2.05, 4.69) is 0 Å². The normalized spacial score (nSPS) is 10.6. The van der Waals surface area contributed by atoms with Gasteiger partial charge in [0.25, 0.3) is 0 Å². The summed E-state index contributed by atoms with van der Waals surface area (Å²) in [5, 5.41) is 0. The standard InChI is InChI=1S/C24H26O12S2.2Na/c1-33-19-7-3-17(4-8-19)21(18-5-9-20(34-2)10-6-18)11-12-22(23(25)35-13-15-37(27,28)29)24(26)36-14-16-38(30,31)32;;/h3-12H,13-16H2,1-2H3,(H,27,28,29)(H,30,31,32);;/q;2*+1/p-2. The van der Waals surface area contributed by atoms with E-state index in [1.165, 1.54) is 20.3 Å². The van der Waals surface area contributed by atoms with Crippen molar-refractivity contribution in [3.63, 3.8) is 0 Å². The third-order valence-corrected chi connectivity index (χ3v) is 6.12. The molecule has 0 aliphatic carbocycles. The summed E-state index contributed by atoms with van der Waals surface area (Å²) in [6.07, 6.45) is 2.42. The first kappa shape index (κ1) is 38.3. The van der Waals surface area contributed by atoms with Gasteiger partial charge in [-0.05, 0) is 47.0 Å². The summed E-state index contributed by atoms with van der Waals surface area (Å²) >= 11 is 0. The van der Waals surface area contributed by atoms with Gasteiger partial charge < -0.3 is 28.1 Å². The molecular formula is C24H24Na2O12S2. The molecule has 0 unspecified atom stereocenters. The minimum atomic E-state index is -4.70. The van der Waals surface area contributed by atoms with Crippen LogP contribution in [0, 0.1) is 0 Å². The molecule has 0 heterocycles. The Kier molecular flexibility index (Phi) is 17.2. The van der Waals surface area contributed by atoms with Crippen LogP contribution in [0.1, 0.15) is 11.1 Å². The van der Waals surface area contributed by atoms with Crippen molar-refractivity contribution < 1.29 is 114 Å². The van der Waals surface area contributed by atoms with E-state index in [0.29, 0.717) is 28.2 Å². The van der Waals surface area contributed by atoms with Crippen molar-refractivity contribution in [3.8, 4) is 11.5 Å². The van der Waals surface area contributed by atoms with Gasteiger partial charge in [0.1, 0.15) is 30.3 Å². The molecule has 0 N–H and O–H groups in total. The van der Waals surface area contributed by atoms with Crippen molar-refractivity contribution in [3.05, 3.63) is 77.4 Å².